The zero-order valence-electron chi connectivity index (χ0n) is 10.4. The van der Waals surface area contributed by atoms with Crippen molar-refractivity contribution in [2.24, 2.45) is 0 Å². The number of aromatic nitrogens is 2. The number of carbonyl (C=O) groups excluding carboxylic acids is 1. The summed E-state index contributed by atoms with van der Waals surface area (Å²) in [4.78, 5) is 20.0. The van der Waals surface area contributed by atoms with Crippen molar-refractivity contribution in [3.63, 3.8) is 0 Å². The van der Waals surface area contributed by atoms with Gasteiger partial charge in [-0.1, -0.05) is 6.92 Å². The lowest BCUT2D eigenvalue weighted by Crippen LogP contribution is -2.24. The molecular weight excluding hydrogens is 224 g/mol. The molecule has 1 unspecified atom stereocenters. The summed E-state index contributed by atoms with van der Waals surface area (Å²) in [6.45, 7) is 1.86. The fraction of sp³-hybridized carbons (Fsp3) is 0.545. The monoisotopic (exact) mass is 240 g/mol. The van der Waals surface area contributed by atoms with Gasteiger partial charge < -0.3 is 14.2 Å². The van der Waals surface area contributed by atoms with Crippen molar-refractivity contribution in [2.75, 3.05) is 21.3 Å². The lowest BCUT2D eigenvalue weighted by molar-refractivity contribution is 0.0586. The first-order valence-corrected chi connectivity index (χ1v) is 5.19. The van der Waals surface area contributed by atoms with E-state index in [0.717, 1.165) is 0 Å². The molecule has 0 saturated carbocycles. The summed E-state index contributed by atoms with van der Waals surface area (Å²) in [5, 5.41) is 0. The number of hydrogen-bond acceptors (Lipinski definition) is 6. The summed E-state index contributed by atoms with van der Waals surface area (Å²) in [5.74, 6) is 0.190. The number of rotatable bonds is 6. The zero-order chi connectivity index (χ0) is 12.8. The van der Waals surface area contributed by atoms with Crippen LogP contribution in [0.25, 0.3) is 0 Å². The van der Waals surface area contributed by atoms with Crippen LogP contribution in [0.5, 0.6) is 11.8 Å². The van der Waals surface area contributed by atoms with Crippen LogP contribution in [0.1, 0.15) is 23.8 Å². The molecule has 0 aliphatic heterocycles. The lowest BCUT2D eigenvalue weighted by Gasteiger charge is -2.13. The first kappa shape index (κ1) is 13.4. The van der Waals surface area contributed by atoms with Crippen LogP contribution in [0.4, 0.5) is 0 Å². The maximum Gasteiger partial charge on any atom is 0.246 e. The van der Waals surface area contributed by atoms with E-state index in [1.54, 1.807) is 0 Å². The fourth-order valence-electron chi connectivity index (χ4n) is 1.38. The van der Waals surface area contributed by atoms with Gasteiger partial charge in [0.15, 0.2) is 5.69 Å². The molecule has 1 heterocycles. The van der Waals surface area contributed by atoms with Crippen molar-refractivity contribution in [1.82, 2.24) is 9.97 Å². The Labute approximate surface area is 99.9 Å². The third-order valence-electron chi connectivity index (χ3n) is 2.30. The molecule has 6 heteroatoms. The number of ether oxygens (including phenoxy) is 3. The highest BCUT2D eigenvalue weighted by Gasteiger charge is 2.24. The first-order chi connectivity index (χ1) is 8.17. The standard InChI is InChI=1S/C11H16N2O4/c1-5-7(15-2)10(14)9-11(17-4)13-8(16-3)6-12-9/h6-7H,5H2,1-4H3. The van der Waals surface area contributed by atoms with E-state index in [-0.39, 0.29) is 17.4 Å². The van der Waals surface area contributed by atoms with Crippen molar-refractivity contribution in [3.05, 3.63) is 11.9 Å². The Bertz CT molecular complexity index is 391. The van der Waals surface area contributed by atoms with Gasteiger partial charge in [0.05, 0.1) is 20.4 Å². The highest BCUT2D eigenvalue weighted by atomic mass is 16.5. The molecule has 0 amide bonds. The van der Waals surface area contributed by atoms with Crippen LogP contribution in [-0.4, -0.2) is 43.2 Å². The molecule has 0 aliphatic carbocycles. The van der Waals surface area contributed by atoms with E-state index in [2.05, 4.69) is 9.97 Å². The second-order valence-corrected chi connectivity index (χ2v) is 3.27. The first-order valence-electron chi connectivity index (χ1n) is 5.19. The van der Waals surface area contributed by atoms with Gasteiger partial charge in [0, 0.05) is 7.11 Å². The number of Topliss-reactive ketones (excluding diaryl/α,β-unsaturated/α-hetero) is 1. The molecule has 6 nitrogen and oxygen atoms in total. The topological polar surface area (TPSA) is 70.5 Å². The Morgan fingerprint density at radius 2 is 2.06 bits per heavy atom. The van der Waals surface area contributed by atoms with Gasteiger partial charge in [-0.15, -0.1) is 0 Å². The van der Waals surface area contributed by atoms with E-state index in [4.69, 9.17) is 14.2 Å². The predicted molar refractivity (Wildman–Crippen MR) is 60.6 cm³/mol. The van der Waals surface area contributed by atoms with E-state index < -0.39 is 6.10 Å². The van der Waals surface area contributed by atoms with E-state index in [9.17, 15) is 4.79 Å². The summed E-state index contributed by atoms with van der Waals surface area (Å²) < 4.78 is 15.0. The SMILES string of the molecule is CCC(OC)C(=O)c1ncc(OC)nc1OC. The fourth-order valence-corrected chi connectivity index (χ4v) is 1.38. The molecule has 0 spiro atoms. The molecule has 0 N–H and O–H groups in total. The minimum absolute atomic E-state index is 0.143. The Morgan fingerprint density at radius 3 is 2.53 bits per heavy atom. The summed E-state index contributed by atoms with van der Waals surface area (Å²) in [6.07, 6.45) is 1.40. The van der Waals surface area contributed by atoms with Crippen molar-refractivity contribution < 1.29 is 19.0 Å². The number of ketones is 1. The van der Waals surface area contributed by atoms with Crippen molar-refractivity contribution in [2.45, 2.75) is 19.4 Å². The Kier molecular flexibility index (Phi) is 4.84. The number of nitrogens with zero attached hydrogens (tertiary/aromatic N) is 2. The van der Waals surface area contributed by atoms with E-state index in [1.807, 2.05) is 6.92 Å². The molecule has 0 bridgehead atoms. The van der Waals surface area contributed by atoms with Gasteiger partial charge in [-0.25, -0.2) is 4.98 Å². The van der Waals surface area contributed by atoms with E-state index in [0.29, 0.717) is 12.3 Å². The molecule has 0 aromatic carbocycles. The van der Waals surface area contributed by atoms with Gasteiger partial charge in [-0.3, -0.25) is 4.79 Å². The van der Waals surface area contributed by atoms with Gasteiger partial charge in [0.1, 0.15) is 6.10 Å². The molecule has 1 rings (SSSR count). The van der Waals surface area contributed by atoms with Gasteiger partial charge in [0.2, 0.25) is 17.5 Å². The molecule has 0 fully saturated rings. The third-order valence-corrected chi connectivity index (χ3v) is 2.30. The van der Waals surface area contributed by atoms with Gasteiger partial charge in [-0.2, -0.15) is 4.98 Å². The van der Waals surface area contributed by atoms with Crippen molar-refractivity contribution in [3.8, 4) is 11.8 Å². The molecule has 1 aromatic heterocycles. The number of methoxy groups -OCH3 is 3. The van der Waals surface area contributed by atoms with E-state index in [1.165, 1.54) is 27.5 Å². The van der Waals surface area contributed by atoms with Crippen LogP contribution < -0.4 is 9.47 Å². The third kappa shape index (κ3) is 2.91. The molecule has 0 saturated heterocycles. The minimum atomic E-state index is -0.536. The molecule has 1 aromatic rings. The highest BCUT2D eigenvalue weighted by molar-refractivity contribution is 5.99. The van der Waals surface area contributed by atoms with Gasteiger partial charge in [-0.05, 0) is 6.42 Å². The smallest absolute Gasteiger partial charge is 0.246 e. The molecule has 94 valence electrons. The molecule has 1 atom stereocenters. The number of hydrogen-bond donors (Lipinski definition) is 0. The molecule has 0 radical (unpaired) electrons. The van der Waals surface area contributed by atoms with Gasteiger partial charge in [0.25, 0.3) is 0 Å². The Hall–Kier alpha value is -1.69. The second kappa shape index (κ2) is 6.15. The van der Waals surface area contributed by atoms with Crippen molar-refractivity contribution in [1.29, 1.82) is 0 Å². The van der Waals surface area contributed by atoms with Crippen LogP contribution in [0.2, 0.25) is 0 Å². The van der Waals surface area contributed by atoms with Crippen LogP contribution in [-0.2, 0) is 4.74 Å². The molecule has 17 heavy (non-hydrogen) atoms. The maximum atomic E-state index is 12.0. The second-order valence-electron chi connectivity index (χ2n) is 3.27. The normalized spacial score (nSPS) is 12.0. The average Bonchev–Trinajstić information content (AvgIpc) is 2.39. The zero-order valence-corrected chi connectivity index (χ0v) is 10.4. The summed E-state index contributed by atoms with van der Waals surface area (Å²) >= 11 is 0. The highest BCUT2D eigenvalue weighted by Crippen LogP contribution is 2.19. The quantitative estimate of drug-likeness (QED) is 0.693. The van der Waals surface area contributed by atoms with Crippen LogP contribution >= 0.6 is 0 Å². The van der Waals surface area contributed by atoms with E-state index >= 15 is 0 Å². The maximum absolute atomic E-state index is 12.0. The van der Waals surface area contributed by atoms with Crippen LogP contribution in [0.15, 0.2) is 6.20 Å². The van der Waals surface area contributed by atoms with Gasteiger partial charge >= 0.3 is 0 Å². The number of carbonyl (C=O) groups is 1. The van der Waals surface area contributed by atoms with Crippen LogP contribution in [0, 0.1) is 0 Å². The summed E-state index contributed by atoms with van der Waals surface area (Å²) in [6, 6.07) is 0. The van der Waals surface area contributed by atoms with Crippen molar-refractivity contribution >= 4 is 5.78 Å². The Balaban J connectivity index is 3.08. The summed E-state index contributed by atoms with van der Waals surface area (Å²) in [7, 11) is 4.37. The molecule has 0 aliphatic rings. The minimum Gasteiger partial charge on any atom is -0.480 e. The largest absolute Gasteiger partial charge is 0.480 e. The predicted octanol–water partition coefficient (Wildman–Crippen LogP) is 1.10. The lowest BCUT2D eigenvalue weighted by atomic mass is 10.1. The molecular formula is C11H16N2O4. The van der Waals surface area contributed by atoms with Crippen LogP contribution in [0.3, 0.4) is 0 Å². The summed E-state index contributed by atoms with van der Waals surface area (Å²) in [5.41, 5.74) is 0.155. The average molecular weight is 240 g/mol. The Morgan fingerprint density at radius 1 is 1.35 bits per heavy atom.